The zero-order valence-electron chi connectivity index (χ0n) is 11.6. The second-order valence-corrected chi connectivity index (χ2v) is 5.81. The second-order valence-electron chi connectivity index (χ2n) is 4.44. The summed E-state index contributed by atoms with van der Waals surface area (Å²) in [5.41, 5.74) is -3.01. The molecular weight excluding hydrogens is 319 g/mol. The predicted octanol–water partition coefficient (Wildman–Crippen LogP) is 2.38. The molecule has 0 saturated heterocycles. The standard InChI is InChI=1S/C13H14N.CHF3O3S/c1-12-6-5-9-14(10-12)11-13-7-3-2-4-8-13;2-1(3,4)8(5,6)7/h2-10H,11H2,1H3;(H,5,6,7)/q+1;/p-1. The van der Waals surface area contributed by atoms with E-state index in [-0.39, 0.29) is 0 Å². The third-order valence-corrected chi connectivity index (χ3v) is 3.06. The number of hydrogen-bond acceptors (Lipinski definition) is 3. The van der Waals surface area contributed by atoms with Gasteiger partial charge in [0.15, 0.2) is 29.1 Å². The maximum absolute atomic E-state index is 10.7. The third kappa shape index (κ3) is 6.23. The van der Waals surface area contributed by atoms with Crippen LogP contribution < -0.4 is 4.57 Å². The Hall–Kier alpha value is -1.93. The molecule has 0 aliphatic rings. The number of aryl methyl sites for hydroxylation is 1. The Labute approximate surface area is 126 Å². The van der Waals surface area contributed by atoms with Gasteiger partial charge in [0, 0.05) is 17.2 Å². The van der Waals surface area contributed by atoms with Crippen molar-refractivity contribution >= 4 is 10.1 Å². The van der Waals surface area contributed by atoms with Crippen LogP contribution in [0.1, 0.15) is 11.1 Å². The van der Waals surface area contributed by atoms with Crippen LogP contribution in [-0.4, -0.2) is 18.5 Å². The van der Waals surface area contributed by atoms with Gasteiger partial charge in [0.1, 0.15) is 0 Å². The Morgan fingerprint density at radius 1 is 1.09 bits per heavy atom. The summed E-state index contributed by atoms with van der Waals surface area (Å²) in [6.45, 7) is 3.06. The summed E-state index contributed by atoms with van der Waals surface area (Å²) in [6, 6.07) is 14.7. The molecule has 2 rings (SSSR count). The highest BCUT2D eigenvalue weighted by Crippen LogP contribution is 2.20. The van der Waals surface area contributed by atoms with Gasteiger partial charge in [0.05, 0.1) is 0 Å². The summed E-state index contributed by atoms with van der Waals surface area (Å²) in [6.07, 6.45) is 4.26. The van der Waals surface area contributed by atoms with Crippen molar-refractivity contribution in [1.82, 2.24) is 0 Å². The minimum atomic E-state index is -6.09. The van der Waals surface area contributed by atoms with Crippen LogP contribution in [0.5, 0.6) is 0 Å². The summed E-state index contributed by atoms with van der Waals surface area (Å²) in [4.78, 5) is 0. The van der Waals surface area contributed by atoms with Crippen LogP contribution in [0.3, 0.4) is 0 Å². The van der Waals surface area contributed by atoms with Crippen LogP contribution in [0.15, 0.2) is 54.9 Å². The first-order valence-corrected chi connectivity index (χ1v) is 7.52. The fourth-order valence-corrected chi connectivity index (χ4v) is 1.55. The molecule has 4 nitrogen and oxygen atoms in total. The minimum Gasteiger partial charge on any atom is -0.741 e. The van der Waals surface area contributed by atoms with Crippen molar-refractivity contribution in [2.45, 2.75) is 19.0 Å². The molecule has 8 heteroatoms. The predicted molar refractivity (Wildman–Crippen MR) is 72.7 cm³/mol. The quantitative estimate of drug-likeness (QED) is 0.482. The average Bonchev–Trinajstić information content (AvgIpc) is 2.38. The lowest BCUT2D eigenvalue weighted by molar-refractivity contribution is -0.688. The van der Waals surface area contributed by atoms with Crippen molar-refractivity contribution in [1.29, 1.82) is 0 Å². The largest absolute Gasteiger partial charge is 0.741 e. The Morgan fingerprint density at radius 3 is 2.09 bits per heavy atom. The summed E-state index contributed by atoms with van der Waals surface area (Å²) in [7, 11) is -6.09. The van der Waals surface area contributed by atoms with Crippen molar-refractivity contribution in [2.75, 3.05) is 0 Å². The number of pyridine rings is 1. The molecule has 0 aliphatic carbocycles. The molecule has 0 atom stereocenters. The fourth-order valence-electron chi connectivity index (χ4n) is 1.55. The number of benzene rings is 1. The van der Waals surface area contributed by atoms with E-state index in [0.29, 0.717) is 0 Å². The molecule has 0 N–H and O–H groups in total. The minimum absolute atomic E-state index is 0.947. The molecule has 0 bridgehead atoms. The van der Waals surface area contributed by atoms with Crippen molar-refractivity contribution in [2.24, 2.45) is 0 Å². The molecule has 1 aromatic heterocycles. The molecule has 1 aromatic carbocycles. The molecule has 0 fully saturated rings. The van der Waals surface area contributed by atoms with Crippen LogP contribution in [-0.2, 0) is 16.7 Å². The highest BCUT2D eigenvalue weighted by Gasteiger charge is 2.36. The maximum Gasteiger partial charge on any atom is 0.485 e. The molecule has 2 aromatic rings. The first-order chi connectivity index (χ1) is 10.1. The Kier molecular flexibility index (Phi) is 6.07. The van der Waals surface area contributed by atoms with Gasteiger partial charge in [-0.2, -0.15) is 13.2 Å². The molecule has 22 heavy (non-hydrogen) atoms. The number of alkyl halides is 3. The summed E-state index contributed by atoms with van der Waals surface area (Å²) in [5, 5.41) is 0. The van der Waals surface area contributed by atoms with Gasteiger partial charge in [-0.1, -0.05) is 30.3 Å². The number of nitrogens with zero attached hydrogens (tertiary/aromatic N) is 1. The Bertz CT molecular complexity index is 701. The van der Waals surface area contributed by atoms with E-state index in [2.05, 4.69) is 60.3 Å². The van der Waals surface area contributed by atoms with Crippen molar-refractivity contribution < 1.29 is 30.7 Å². The van der Waals surface area contributed by atoms with Crippen LogP contribution in [0.2, 0.25) is 0 Å². The molecule has 0 unspecified atom stereocenters. The number of hydrogen-bond donors (Lipinski definition) is 0. The summed E-state index contributed by atoms with van der Waals surface area (Å²) in [5.74, 6) is 0. The number of rotatable bonds is 2. The molecular formula is C14H14F3NO3S. The van der Waals surface area contributed by atoms with Crippen molar-refractivity contribution in [3.63, 3.8) is 0 Å². The zero-order chi connectivity index (χ0) is 16.8. The molecule has 0 spiro atoms. The topological polar surface area (TPSA) is 61.1 Å². The van der Waals surface area contributed by atoms with Gasteiger partial charge in [-0.15, -0.1) is 0 Å². The monoisotopic (exact) mass is 333 g/mol. The molecule has 120 valence electrons. The van der Waals surface area contributed by atoms with Crippen molar-refractivity contribution in [3.8, 4) is 0 Å². The molecule has 0 aliphatic heterocycles. The molecule has 0 amide bonds. The average molecular weight is 333 g/mol. The number of aromatic nitrogens is 1. The summed E-state index contributed by atoms with van der Waals surface area (Å²) < 4.78 is 61.1. The molecule has 0 saturated carbocycles. The van der Waals surface area contributed by atoms with Gasteiger partial charge >= 0.3 is 5.51 Å². The first-order valence-electron chi connectivity index (χ1n) is 6.11. The normalized spacial score (nSPS) is 11.5. The highest BCUT2D eigenvalue weighted by molar-refractivity contribution is 7.86. The smallest absolute Gasteiger partial charge is 0.485 e. The van der Waals surface area contributed by atoms with E-state index < -0.39 is 15.6 Å². The van der Waals surface area contributed by atoms with E-state index in [1.165, 1.54) is 11.1 Å². The highest BCUT2D eigenvalue weighted by atomic mass is 32.2. The maximum atomic E-state index is 10.7. The fraction of sp³-hybridized carbons (Fsp3) is 0.214. The van der Waals surface area contributed by atoms with Gasteiger partial charge in [-0.25, -0.2) is 13.0 Å². The second kappa shape index (κ2) is 7.37. The van der Waals surface area contributed by atoms with Crippen LogP contribution >= 0.6 is 0 Å². The van der Waals surface area contributed by atoms with Gasteiger partial charge in [0.25, 0.3) is 0 Å². The van der Waals surface area contributed by atoms with Gasteiger partial charge in [0.2, 0.25) is 0 Å². The lowest BCUT2D eigenvalue weighted by Crippen LogP contribution is -2.33. The van der Waals surface area contributed by atoms with Gasteiger partial charge in [-0.3, -0.25) is 0 Å². The SMILES string of the molecule is Cc1ccc[n+](Cc2ccccc2)c1.O=S(=O)([O-])C(F)(F)F. The van der Waals surface area contributed by atoms with E-state index in [0.717, 1.165) is 6.54 Å². The van der Waals surface area contributed by atoms with E-state index in [4.69, 9.17) is 13.0 Å². The summed E-state index contributed by atoms with van der Waals surface area (Å²) >= 11 is 0. The van der Waals surface area contributed by atoms with E-state index in [1.54, 1.807) is 0 Å². The van der Waals surface area contributed by atoms with Crippen molar-refractivity contribution in [3.05, 3.63) is 66.0 Å². The molecule has 0 radical (unpaired) electrons. The van der Waals surface area contributed by atoms with E-state index in [1.807, 2.05) is 6.07 Å². The Balaban J connectivity index is 0.000000261. The first kappa shape index (κ1) is 18.1. The van der Waals surface area contributed by atoms with Crippen LogP contribution in [0.25, 0.3) is 0 Å². The van der Waals surface area contributed by atoms with E-state index in [9.17, 15) is 13.2 Å². The Morgan fingerprint density at radius 2 is 1.64 bits per heavy atom. The van der Waals surface area contributed by atoms with Gasteiger partial charge < -0.3 is 4.55 Å². The van der Waals surface area contributed by atoms with E-state index >= 15 is 0 Å². The van der Waals surface area contributed by atoms with Crippen LogP contribution in [0, 0.1) is 6.92 Å². The third-order valence-electron chi connectivity index (χ3n) is 2.50. The number of halogens is 3. The van der Waals surface area contributed by atoms with Crippen LogP contribution in [0.4, 0.5) is 13.2 Å². The molecule has 1 heterocycles. The van der Waals surface area contributed by atoms with Gasteiger partial charge in [-0.05, 0) is 13.0 Å². The lowest BCUT2D eigenvalue weighted by atomic mass is 10.2. The lowest BCUT2D eigenvalue weighted by Gasteiger charge is -2.08. The zero-order valence-corrected chi connectivity index (χ0v) is 12.4.